The van der Waals surface area contributed by atoms with Gasteiger partial charge in [-0.2, -0.15) is 5.10 Å². The fraction of sp³-hybridized carbons (Fsp3) is 0.111. The first-order valence-corrected chi connectivity index (χ1v) is 7.07. The number of halogens is 1. The molecule has 1 aromatic heterocycles. The molecule has 0 saturated carbocycles. The number of hydrogen-bond donors (Lipinski definition) is 0. The molecule has 1 heterocycles. The molecular formula is C18H15FN2O2. The third-order valence-corrected chi connectivity index (χ3v) is 3.67. The van der Waals surface area contributed by atoms with Gasteiger partial charge in [0.25, 0.3) is 5.56 Å². The molecule has 0 saturated heterocycles. The lowest BCUT2D eigenvalue weighted by Crippen LogP contribution is -2.21. The summed E-state index contributed by atoms with van der Waals surface area (Å²) in [7, 11) is 3.19. The van der Waals surface area contributed by atoms with Crippen molar-refractivity contribution in [1.82, 2.24) is 9.78 Å². The van der Waals surface area contributed by atoms with Crippen LogP contribution in [0.4, 0.5) is 4.39 Å². The van der Waals surface area contributed by atoms with Gasteiger partial charge in [0.15, 0.2) is 0 Å². The third kappa shape index (κ3) is 2.85. The van der Waals surface area contributed by atoms with E-state index < -0.39 is 0 Å². The lowest BCUT2D eigenvalue weighted by atomic mass is 9.97. The highest BCUT2D eigenvalue weighted by atomic mass is 19.1. The van der Waals surface area contributed by atoms with Crippen LogP contribution in [0.1, 0.15) is 0 Å². The molecule has 0 spiro atoms. The van der Waals surface area contributed by atoms with Crippen molar-refractivity contribution in [3.8, 4) is 28.0 Å². The maximum absolute atomic E-state index is 13.2. The van der Waals surface area contributed by atoms with Crippen LogP contribution in [-0.4, -0.2) is 16.9 Å². The number of aryl methyl sites for hydroxylation is 1. The standard InChI is InChI=1S/C18H15FN2O2/c1-21-18(22)17(13-5-9-15(23-2)10-6-13)16(11-20-21)12-3-7-14(19)8-4-12/h3-11H,1-2H3. The van der Waals surface area contributed by atoms with Crippen molar-refractivity contribution in [2.24, 2.45) is 7.05 Å². The van der Waals surface area contributed by atoms with E-state index in [0.29, 0.717) is 16.9 Å². The average molecular weight is 310 g/mol. The van der Waals surface area contributed by atoms with Gasteiger partial charge in [-0.05, 0) is 35.4 Å². The summed E-state index contributed by atoms with van der Waals surface area (Å²) in [6.07, 6.45) is 1.62. The summed E-state index contributed by atoms with van der Waals surface area (Å²) in [4.78, 5) is 12.6. The molecule has 0 bridgehead atoms. The summed E-state index contributed by atoms with van der Waals surface area (Å²) in [6.45, 7) is 0. The van der Waals surface area contributed by atoms with Crippen LogP contribution in [0.3, 0.4) is 0 Å². The highest BCUT2D eigenvalue weighted by molar-refractivity contribution is 5.82. The highest BCUT2D eigenvalue weighted by Crippen LogP contribution is 2.29. The van der Waals surface area contributed by atoms with Crippen molar-refractivity contribution >= 4 is 0 Å². The number of ether oxygens (including phenoxy) is 1. The van der Waals surface area contributed by atoms with Gasteiger partial charge in [0.2, 0.25) is 0 Å². The summed E-state index contributed by atoms with van der Waals surface area (Å²) < 4.78 is 19.6. The van der Waals surface area contributed by atoms with Gasteiger partial charge in [0.1, 0.15) is 11.6 Å². The zero-order chi connectivity index (χ0) is 16.4. The first-order chi connectivity index (χ1) is 11.1. The zero-order valence-corrected chi connectivity index (χ0v) is 12.8. The predicted octanol–water partition coefficient (Wildman–Crippen LogP) is 3.26. The van der Waals surface area contributed by atoms with E-state index in [4.69, 9.17) is 4.74 Å². The monoisotopic (exact) mass is 310 g/mol. The number of rotatable bonds is 3. The van der Waals surface area contributed by atoms with Crippen molar-refractivity contribution in [3.63, 3.8) is 0 Å². The van der Waals surface area contributed by atoms with Gasteiger partial charge in [-0.15, -0.1) is 0 Å². The van der Waals surface area contributed by atoms with E-state index in [1.54, 1.807) is 44.6 Å². The number of aromatic nitrogens is 2. The van der Waals surface area contributed by atoms with Crippen LogP contribution in [0.25, 0.3) is 22.3 Å². The van der Waals surface area contributed by atoms with Crippen molar-refractivity contribution in [1.29, 1.82) is 0 Å². The van der Waals surface area contributed by atoms with Crippen LogP contribution in [0, 0.1) is 5.82 Å². The van der Waals surface area contributed by atoms with E-state index in [1.165, 1.54) is 16.8 Å². The summed E-state index contributed by atoms with van der Waals surface area (Å²) in [6, 6.07) is 13.2. The van der Waals surface area contributed by atoms with Crippen LogP contribution >= 0.6 is 0 Å². The second-order valence-electron chi connectivity index (χ2n) is 5.10. The molecule has 0 N–H and O–H groups in total. The van der Waals surface area contributed by atoms with Crippen LogP contribution in [0.5, 0.6) is 5.75 Å². The number of nitrogens with zero attached hydrogens (tertiary/aromatic N) is 2. The van der Waals surface area contributed by atoms with Gasteiger partial charge in [-0.25, -0.2) is 9.07 Å². The van der Waals surface area contributed by atoms with E-state index >= 15 is 0 Å². The summed E-state index contributed by atoms with van der Waals surface area (Å²) >= 11 is 0. The van der Waals surface area contributed by atoms with E-state index in [2.05, 4.69) is 5.10 Å². The Labute approximate surface area is 132 Å². The second-order valence-corrected chi connectivity index (χ2v) is 5.10. The van der Waals surface area contributed by atoms with Crippen molar-refractivity contribution in [2.45, 2.75) is 0 Å². The molecule has 0 amide bonds. The summed E-state index contributed by atoms with van der Waals surface area (Å²) in [5.74, 6) is 0.388. The molecule has 2 aromatic carbocycles. The van der Waals surface area contributed by atoms with Crippen molar-refractivity contribution in [2.75, 3.05) is 7.11 Å². The Hall–Kier alpha value is -2.95. The van der Waals surface area contributed by atoms with Gasteiger partial charge in [0, 0.05) is 12.6 Å². The van der Waals surface area contributed by atoms with E-state index in [1.807, 2.05) is 12.1 Å². The van der Waals surface area contributed by atoms with Gasteiger partial charge in [-0.1, -0.05) is 24.3 Å². The minimum absolute atomic E-state index is 0.211. The molecule has 0 fully saturated rings. The van der Waals surface area contributed by atoms with E-state index in [9.17, 15) is 9.18 Å². The van der Waals surface area contributed by atoms with Gasteiger partial charge >= 0.3 is 0 Å². The first kappa shape index (κ1) is 15.0. The largest absolute Gasteiger partial charge is 0.497 e. The normalized spacial score (nSPS) is 10.6. The average Bonchev–Trinajstić information content (AvgIpc) is 2.58. The molecule has 23 heavy (non-hydrogen) atoms. The van der Waals surface area contributed by atoms with Crippen molar-refractivity contribution < 1.29 is 9.13 Å². The zero-order valence-electron chi connectivity index (χ0n) is 12.8. The number of methoxy groups -OCH3 is 1. The minimum Gasteiger partial charge on any atom is -0.497 e. The van der Waals surface area contributed by atoms with Crippen LogP contribution < -0.4 is 10.3 Å². The predicted molar refractivity (Wildman–Crippen MR) is 86.9 cm³/mol. The fourth-order valence-corrected chi connectivity index (χ4v) is 2.42. The smallest absolute Gasteiger partial charge is 0.274 e. The first-order valence-electron chi connectivity index (χ1n) is 7.07. The number of hydrogen-bond acceptors (Lipinski definition) is 3. The summed E-state index contributed by atoms with van der Waals surface area (Å²) in [5.41, 5.74) is 2.47. The lowest BCUT2D eigenvalue weighted by Gasteiger charge is -2.11. The Morgan fingerprint density at radius 2 is 1.61 bits per heavy atom. The highest BCUT2D eigenvalue weighted by Gasteiger charge is 2.14. The maximum atomic E-state index is 13.2. The summed E-state index contributed by atoms with van der Waals surface area (Å²) in [5, 5.41) is 4.08. The molecule has 5 heteroatoms. The molecule has 4 nitrogen and oxygen atoms in total. The van der Waals surface area contributed by atoms with Crippen LogP contribution in [-0.2, 0) is 7.05 Å². The van der Waals surface area contributed by atoms with E-state index in [-0.39, 0.29) is 11.4 Å². The molecule has 0 aliphatic rings. The Kier molecular flexibility index (Phi) is 3.93. The minimum atomic E-state index is -0.323. The molecule has 0 radical (unpaired) electrons. The Morgan fingerprint density at radius 3 is 2.22 bits per heavy atom. The Bertz CT molecular complexity index is 884. The lowest BCUT2D eigenvalue weighted by molar-refractivity contribution is 0.415. The molecular weight excluding hydrogens is 295 g/mol. The maximum Gasteiger partial charge on any atom is 0.274 e. The quantitative estimate of drug-likeness (QED) is 0.746. The third-order valence-electron chi connectivity index (χ3n) is 3.67. The molecule has 0 atom stereocenters. The van der Waals surface area contributed by atoms with Gasteiger partial charge < -0.3 is 4.74 Å². The second kappa shape index (κ2) is 6.04. The molecule has 3 aromatic rings. The molecule has 0 aliphatic carbocycles. The Morgan fingerprint density at radius 1 is 1.00 bits per heavy atom. The number of benzene rings is 2. The molecule has 3 rings (SSSR count). The fourth-order valence-electron chi connectivity index (χ4n) is 2.42. The van der Waals surface area contributed by atoms with Crippen molar-refractivity contribution in [3.05, 3.63) is 70.9 Å². The Balaban J connectivity index is 2.23. The SMILES string of the molecule is COc1ccc(-c2c(-c3ccc(F)cc3)cnn(C)c2=O)cc1. The van der Waals surface area contributed by atoms with Crippen LogP contribution in [0.15, 0.2) is 59.5 Å². The topological polar surface area (TPSA) is 44.1 Å². The van der Waals surface area contributed by atoms with Gasteiger partial charge in [-0.3, -0.25) is 4.79 Å². The van der Waals surface area contributed by atoms with Crippen LogP contribution in [0.2, 0.25) is 0 Å². The molecule has 0 unspecified atom stereocenters. The molecule has 0 aliphatic heterocycles. The van der Waals surface area contributed by atoms with E-state index in [0.717, 1.165) is 11.1 Å². The van der Waals surface area contributed by atoms with Gasteiger partial charge in [0.05, 0.1) is 18.9 Å². The molecule has 116 valence electrons.